The van der Waals surface area contributed by atoms with Crippen LogP contribution in [0.1, 0.15) is 38.7 Å². The van der Waals surface area contributed by atoms with Crippen LogP contribution in [0.5, 0.6) is 5.75 Å². The van der Waals surface area contributed by atoms with Gasteiger partial charge in [0.25, 0.3) is 0 Å². The van der Waals surface area contributed by atoms with Gasteiger partial charge < -0.3 is 14.8 Å². The molecule has 0 aliphatic rings. The van der Waals surface area contributed by atoms with Crippen molar-refractivity contribution in [2.24, 2.45) is 0 Å². The Morgan fingerprint density at radius 3 is 2.55 bits per heavy atom. The van der Waals surface area contributed by atoms with Crippen LogP contribution >= 0.6 is 0 Å². The molecule has 0 fully saturated rings. The Bertz CT molecular complexity index is 337. The first-order chi connectivity index (χ1) is 9.76. The molecule has 1 aromatic carbocycles. The summed E-state index contributed by atoms with van der Waals surface area (Å²) in [5.41, 5.74) is 1.29. The van der Waals surface area contributed by atoms with E-state index in [0.717, 1.165) is 44.8 Å². The first-order valence-corrected chi connectivity index (χ1v) is 7.70. The van der Waals surface area contributed by atoms with Crippen molar-refractivity contribution in [2.45, 2.75) is 45.6 Å². The first-order valence-electron chi connectivity index (χ1n) is 7.70. The van der Waals surface area contributed by atoms with Gasteiger partial charge in [0, 0.05) is 13.2 Å². The monoisotopic (exact) mass is 279 g/mol. The molecule has 1 rings (SSSR count). The highest BCUT2D eigenvalue weighted by atomic mass is 16.5. The lowest BCUT2D eigenvalue weighted by molar-refractivity contribution is 0.202. The van der Waals surface area contributed by atoms with Crippen molar-refractivity contribution in [3.8, 4) is 5.75 Å². The molecule has 20 heavy (non-hydrogen) atoms. The summed E-state index contributed by atoms with van der Waals surface area (Å²) >= 11 is 0. The smallest absolute Gasteiger partial charge is 0.119 e. The summed E-state index contributed by atoms with van der Waals surface area (Å²) < 4.78 is 10.8. The van der Waals surface area contributed by atoms with Gasteiger partial charge in [-0.2, -0.15) is 0 Å². The van der Waals surface area contributed by atoms with Crippen LogP contribution in [0.4, 0.5) is 0 Å². The van der Waals surface area contributed by atoms with Crippen molar-refractivity contribution in [3.05, 3.63) is 29.8 Å². The standard InChI is InChI=1S/C17H29NO2/c1-4-12-18-15(2)6-5-13-20-17-9-7-16(8-10-17)11-14-19-3/h7-10,15,18H,4-6,11-14H2,1-3H3. The van der Waals surface area contributed by atoms with Gasteiger partial charge in [-0.05, 0) is 56.8 Å². The van der Waals surface area contributed by atoms with Gasteiger partial charge in [0.15, 0.2) is 0 Å². The molecule has 0 saturated heterocycles. The van der Waals surface area contributed by atoms with Gasteiger partial charge in [-0.3, -0.25) is 0 Å². The lowest BCUT2D eigenvalue weighted by atomic mass is 10.1. The van der Waals surface area contributed by atoms with Crippen LogP contribution in [0.2, 0.25) is 0 Å². The van der Waals surface area contributed by atoms with Crippen LogP contribution in [-0.4, -0.2) is 32.9 Å². The summed E-state index contributed by atoms with van der Waals surface area (Å²) in [6, 6.07) is 8.89. The fourth-order valence-corrected chi connectivity index (χ4v) is 2.04. The van der Waals surface area contributed by atoms with E-state index in [0.29, 0.717) is 6.04 Å². The van der Waals surface area contributed by atoms with Crippen molar-refractivity contribution in [3.63, 3.8) is 0 Å². The summed E-state index contributed by atoms with van der Waals surface area (Å²) in [5, 5.41) is 3.49. The van der Waals surface area contributed by atoms with E-state index in [1.807, 2.05) is 12.1 Å². The molecule has 0 aromatic heterocycles. The Labute approximate surface area is 123 Å². The maximum Gasteiger partial charge on any atom is 0.119 e. The summed E-state index contributed by atoms with van der Waals surface area (Å²) in [4.78, 5) is 0. The molecule has 0 aliphatic heterocycles. The van der Waals surface area contributed by atoms with Crippen molar-refractivity contribution in [1.29, 1.82) is 0 Å². The van der Waals surface area contributed by atoms with E-state index in [2.05, 4.69) is 31.3 Å². The second-order valence-corrected chi connectivity index (χ2v) is 5.23. The molecule has 0 radical (unpaired) electrons. The van der Waals surface area contributed by atoms with Gasteiger partial charge in [-0.25, -0.2) is 0 Å². The highest BCUT2D eigenvalue weighted by molar-refractivity contribution is 5.27. The van der Waals surface area contributed by atoms with Gasteiger partial charge in [0.05, 0.1) is 13.2 Å². The molecule has 1 N–H and O–H groups in total. The van der Waals surface area contributed by atoms with Crippen molar-refractivity contribution in [2.75, 3.05) is 26.9 Å². The fraction of sp³-hybridized carbons (Fsp3) is 0.647. The third kappa shape index (κ3) is 7.51. The predicted octanol–water partition coefficient (Wildman–Crippen LogP) is 3.42. The molecule has 0 amide bonds. The van der Waals surface area contributed by atoms with E-state index in [1.54, 1.807) is 7.11 Å². The lowest BCUT2D eigenvalue weighted by Gasteiger charge is -2.13. The van der Waals surface area contributed by atoms with Gasteiger partial charge in [-0.15, -0.1) is 0 Å². The molecule has 1 unspecified atom stereocenters. The van der Waals surface area contributed by atoms with Gasteiger partial charge in [0.1, 0.15) is 5.75 Å². The molecule has 0 heterocycles. The summed E-state index contributed by atoms with van der Waals surface area (Å²) in [7, 11) is 1.73. The van der Waals surface area contributed by atoms with E-state index in [4.69, 9.17) is 9.47 Å². The van der Waals surface area contributed by atoms with Crippen molar-refractivity contribution >= 4 is 0 Å². The number of methoxy groups -OCH3 is 1. The van der Waals surface area contributed by atoms with E-state index >= 15 is 0 Å². The summed E-state index contributed by atoms with van der Waals surface area (Å²) in [5.74, 6) is 0.959. The maximum absolute atomic E-state index is 5.76. The number of ether oxygens (including phenoxy) is 2. The number of hydrogen-bond acceptors (Lipinski definition) is 3. The Morgan fingerprint density at radius 2 is 1.90 bits per heavy atom. The number of nitrogens with one attached hydrogen (secondary N) is 1. The molecule has 1 atom stereocenters. The minimum atomic E-state index is 0.579. The van der Waals surface area contributed by atoms with Gasteiger partial charge >= 0.3 is 0 Å². The number of hydrogen-bond donors (Lipinski definition) is 1. The van der Waals surface area contributed by atoms with Crippen LogP contribution in [0.25, 0.3) is 0 Å². The molecule has 0 spiro atoms. The van der Waals surface area contributed by atoms with Crippen molar-refractivity contribution in [1.82, 2.24) is 5.32 Å². The zero-order valence-electron chi connectivity index (χ0n) is 13.2. The molecular formula is C17H29NO2. The third-order valence-electron chi connectivity index (χ3n) is 3.31. The average molecular weight is 279 g/mol. The van der Waals surface area contributed by atoms with Gasteiger partial charge in [0.2, 0.25) is 0 Å². The van der Waals surface area contributed by atoms with Crippen LogP contribution in [-0.2, 0) is 11.2 Å². The molecule has 114 valence electrons. The number of benzene rings is 1. The van der Waals surface area contributed by atoms with Gasteiger partial charge in [-0.1, -0.05) is 19.1 Å². The summed E-state index contributed by atoms with van der Waals surface area (Å²) in [6.45, 7) is 7.09. The van der Waals surface area contributed by atoms with Crippen LogP contribution in [0, 0.1) is 0 Å². The maximum atomic E-state index is 5.76. The van der Waals surface area contributed by atoms with E-state index in [1.165, 1.54) is 12.0 Å². The molecular weight excluding hydrogens is 250 g/mol. The largest absolute Gasteiger partial charge is 0.494 e. The molecule has 3 heteroatoms. The third-order valence-corrected chi connectivity index (χ3v) is 3.31. The zero-order chi connectivity index (χ0) is 14.6. The molecule has 0 bridgehead atoms. The lowest BCUT2D eigenvalue weighted by Crippen LogP contribution is -2.26. The van der Waals surface area contributed by atoms with E-state index in [9.17, 15) is 0 Å². The predicted molar refractivity (Wildman–Crippen MR) is 84.5 cm³/mol. The van der Waals surface area contributed by atoms with Crippen molar-refractivity contribution < 1.29 is 9.47 Å². The normalized spacial score (nSPS) is 12.3. The minimum Gasteiger partial charge on any atom is -0.494 e. The summed E-state index contributed by atoms with van der Waals surface area (Å²) in [6.07, 6.45) is 4.39. The van der Waals surface area contributed by atoms with E-state index in [-0.39, 0.29) is 0 Å². The Balaban J connectivity index is 2.15. The SMILES string of the molecule is CCCNC(C)CCCOc1ccc(CCOC)cc1. The Kier molecular flexibility index (Phi) is 9.09. The molecule has 3 nitrogen and oxygen atoms in total. The minimum absolute atomic E-state index is 0.579. The zero-order valence-corrected chi connectivity index (χ0v) is 13.2. The first kappa shape index (κ1) is 17.0. The Morgan fingerprint density at radius 1 is 1.15 bits per heavy atom. The quantitative estimate of drug-likeness (QED) is 0.630. The van der Waals surface area contributed by atoms with Crippen LogP contribution in [0.15, 0.2) is 24.3 Å². The highest BCUT2D eigenvalue weighted by Gasteiger charge is 2.01. The fourth-order valence-electron chi connectivity index (χ4n) is 2.04. The second kappa shape index (κ2) is 10.7. The topological polar surface area (TPSA) is 30.5 Å². The molecule has 1 aromatic rings. The number of rotatable bonds is 11. The molecule has 0 saturated carbocycles. The van der Waals surface area contributed by atoms with Crippen LogP contribution < -0.4 is 10.1 Å². The highest BCUT2D eigenvalue weighted by Crippen LogP contribution is 2.13. The van der Waals surface area contributed by atoms with E-state index < -0.39 is 0 Å². The average Bonchev–Trinajstić information content (AvgIpc) is 2.48. The second-order valence-electron chi connectivity index (χ2n) is 5.23. The van der Waals surface area contributed by atoms with Crippen LogP contribution in [0.3, 0.4) is 0 Å². The Hall–Kier alpha value is -1.06. The molecule has 0 aliphatic carbocycles.